The Morgan fingerprint density at radius 3 is 2.46 bits per heavy atom. The number of ether oxygens (including phenoxy) is 1. The number of aromatic hydroxyl groups is 1. The zero-order valence-corrected chi connectivity index (χ0v) is 22.8. The molecule has 0 spiro atoms. The van der Waals surface area contributed by atoms with E-state index < -0.39 is 18.1 Å². The number of alkyl carbamates (subject to hydrolysis) is 1. The van der Waals surface area contributed by atoms with E-state index in [-0.39, 0.29) is 11.7 Å². The number of benzene rings is 3. The van der Waals surface area contributed by atoms with Crippen LogP contribution in [0.15, 0.2) is 87.8 Å². The van der Waals surface area contributed by atoms with E-state index in [0.717, 1.165) is 0 Å². The lowest BCUT2D eigenvalue weighted by molar-refractivity contribution is -0.111. The first-order valence-corrected chi connectivity index (χ1v) is 12.9. The number of allylic oxidation sites excluding steroid dienone is 1. The fourth-order valence-corrected chi connectivity index (χ4v) is 4.68. The maximum Gasteiger partial charge on any atom is 0.414 e. The lowest BCUT2D eigenvalue weighted by atomic mass is 10.0. The summed E-state index contributed by atoms with van der Waals surface area (Å²) in [6.45, 7) is 0. The number of halogens is 2. The van der Waals surface area contributed by atoms with Crippen LogP contribution in [-0.4, -0.2) is 23.0 Å². The first-order valence-electron chi connectivity index (χ1n) is 11.3. The summed E-state index contributed by atoms with van der Waals surface area (Å²) in [4.78, 5) is 37.0. The highest BCUT2D eigenvalue weighted by Gasteiger charge is 2.23. The molecule has 192 valence electrons. The van der Waals surface area contributed by atoms with Gasteiger partial charge in [-0.1, -0.05) is 52.3 Å². The molecular formula is C27H25Br2N3O5. The molecule has 0 aliphatic carbocycles. The number of hydrogen-bond donors (Lipinski definition) is 4. The van der Waals surface area contributed by atoms with E-state index in [2.05, 4.69) is 42.5 Å². The molecule has 3 aromatic carbocycles. The van der Waals surface area contributed by atoms with Gasteiger partial charge in [0, 0.05) is 15.6 Å². The van der Waals surface area contributed by atoms with Crippen LogP contribution in [-0.2, 0) is 9.53 Å². The minimum Gasteiger partial charge on any atom is -0.506 e. The molecule has 0 bridgehead atoms. The van der Waals surface area contributed by atoms with Gasteiger partial charge in [-0.05, 0) is 77.7 Å². The van der Waals surface area contributed by atoms with Crippen LogP contribution in [0.2, 0.25) is 0 Å². The highest BCUT2D eigenvalue weighted by molar-refractivity contribution is 9.11. The summed E-state index contributed by atoms with van der Waals surface area (Å²) >= 11 is 6.67. The van der Waals surface area contributed by atoms with Crippen LogP contribution in [0.1, 0.15) is 41.3 Å². The van der Waals surface area contributed by atoms with Crippen LogP contribution in [0, 0.1) is 0 Å². The number of hydrogen-bond acceptors (Lipinski definition) is 6. The van der Waals surface area contributed by atoms with Crippen LogP contribution < -0.4 is 16.4 Å². The number of phenolic OH excluding ortho intramolecular Hbond substituents is 1. The van der Waals surface area contributed by atoms with Gasteiger partial charge in [-0.2, -0.15) is 0 Å². The monoisotopic (exact) mass is 629 g/mol. The minimum atomic E-state index is -0.940. The molecule has 0 saturated heterocycles. The Balaban J connectivity index is 1.63. The van der Waals surface area contributed by atoms with E-state index in [0.29, 0.717) is 50.7 Å². The van der Waals surface area contributed by atoms with Gasteiger partial charge < -0.3 is 20.9 Å². The minimum absolute atomic E-state index is 0.0780. The molecule has 0 heterocycles. The van der Waals surface area contributed by atoms with Gasteiger partial charge in [0.15, 0.2) is 0 Å². The Morgan fingerprint density at radius 2 is 1.73 bits per heavy atom. The van der Waals surface area contributed by atoms with Crippen molar-refractivity contribution in [3.05, 3.63) is 99.0 Å². The Labute approximate surface area is 231 Å². The third kappa shape index (κ3) is 8.47. The first-order chi connectivity index (χ1) is 17.7. The average Bonchev–Trinajstić information content (AvgIpc) is 2.87. The number of carbonyl (C=O) groups excluding carboxylic acids is 3. The molecule has 3 aromatic rings. The smallest absolute Gasteiger partial charge is 0.414 e. The topological polar surface area (TPSA) is 131 Å². The fourth-order valence-electron chi connectivity index (χ4n) is 3.42. The van der Waals surface area contributed by atoms with Crippen molar-refractivity contribution in [1.82, 2.24) is 5.32 Å². The third-order valence-electron chi connectivity index (χ3n) is 5.23. The number of nitrogens with two attached hydrogens (primary N) is 1. The Kier molecular flexibility index (Phi) is 10.3. The molecule has 0 aliphatic rings. The predicted molar refractivity (Wildman–Crippen MR) is 149 cm³/mol. The second-order valence-electron chi connectivity index (χ2n) is 7.95. The van der Waals surface area contributed by atoms with Crippen molar-refractivity contribution in [2.24, 2.45) is 0 Å². The molecule has 0 radical (unpaired) electrons. The summed E-state index contributed by atoms with van der Waals surface area (Å²) in [5.41, 5.74) is 7.50. The highest BCUT2D eigenvalue weighted by Crippen LogP contribution is 2.38. The predicted octanol–water partition coefficient (Wildman–Crippen LogP) is 6.47. The zero-order chi connectivity index (χ0) is 26.8. The largest absolute Gasteiger partial charge is 0.506 e. The summed E-state index contributed by atoms with van der Waals surface area (Å²) in [7, 11) is 0. The molecular weight excluding hydrogens is 606 g/mol. The molecule has 0 saturated carbocycles. The zero-order valence-electron chi connectivity index (χ0n) is 19.6. The molecule has 0 aliphatic heterocycles. The van der Waals surface area contributed by atoms with Gasteiger partial charge in [-0.3, -0.25) is 14.9 Å². The first kappa shape index (κ1) is 27.9. The number of imide groups is 1. The van der Waals surface area contributed by atoms with Crippen molar-refractivity contribution in [1.29, 1.82) is 0 Å². The van der Waals surface area contributed by atoms with Crippen molar-refractivity contribution in [3.63, 3.8) is 0 Å². The van der Waals surface area contributed by atoms with E-state index in [9.17, 15) is 19.5 Å². The third-order valence-corrected chi connectivity index (χ3v) is 6.29. The number of amides is 3. The number of rotatable bonds is 9. The van der Waals surface area contributed by atoms with Crippen LogP contribution in [0.4, 0.5) is 16.2 Å². The van der Waals surface area contributed by atoms with Crippen LogP contribution in [0.5, 0.6) is 5.75 Å². The van der Waals surface area contributed by atoms with Gasteiger partial charge in [-0.25, -0.2) is 4.79 Å². The molecule has 3 rings (SSSR count). The van der Waals surface area contributed by atoms with Gasteiger partial charge in [0.25, 0.3) is 5.91 Å². The standard InChI is InChI=1S/C27H25Br2N3O5/c28-18-15-19(25(34)20(29)16-18)23(37-27(36)32-26(35)17-9-3-1-4-10-17)13-5-2-6-14-24(33)31-22-12-8-7-11-21(22)30/h1,3-4,6-12,14-16,23,34H,2,5,13,30H2,(H,31,33)(H,32,35,36)/b14-6+/t23-/m1/s1. The molecule has 10 heteroatoms. The van der Waals surface area contributed by atoms with Crippen LogP contribution >= 0.6 is 31.9 Å². The average molecular weight is 631 g/mol. The number of anilines is 2. The molecule has 0 aromatic heterocycles. The fraction of sp³-hybridized carbons (Fsp3) is 0.148. The lowest BCUT2D eigenvalue weighted by Gasteiger charge is -2.20. The van der Waals surface area contributed by atoms with Crippen LogP contribution in [0.25, 0.3) is 0 Å². The van der Waals surface area contributed by atoms with E-state index in [1.165, 1.54) is 6.08 Å². The SMILES string of the molecule is Nc1ccccc1NC(=O)/C=C/CCC[C@@H](OC(=O)NC(=O)c1ccccc1)c1cc(Br)cc(Br)c1O. The van der Waals surface area contributed by atoms with Crippen molar-refractivity contribution in [2.75, 3.05) is 11.1 Å². The van der Waals surface area contributed by atoms with Gasteiger partial charge in [-0.15, -0.1) is 0 Å². The van der Waals surface area contributed by atoms with Gasteiger partial charge in [0.05, 0.1) is 15.8 Å². The number of unbranched alkanes of at least 4 members (excludes halogenated alkanes) is 1. The van der Waals surface area contributed by atoms with E-state index in [1.54, 1.807) is 72.8 Å². The summed E-state index contributed by atoms with van der Waals surface area (Å²) in [5, 5.41) is 15.5. The second kappa shape index (κ2) is 13.6. The molecule has 37 heavy (non-hydrogen) atoms. The van der Waals surface area contributed by atoms with Crippen molar-refractivity contribution in [3.8, 4) is 5.75 Å². The number of carbonyl (C=O) groups is 3. The number of nitrogens with one attached hydrogen (secondary N) is 2. The van der Waals surface area contributed by atoms with E-state index in [1.807, 2.05) is 0 Å². The van der Waals surface area contributed by atoms with Crippen molar-refractivity contribution >= 4 is 61.1 Å². The maximum absolute atomic E-state index is 12.5. The van der Waals surface area contributed by atoms with Gasteiger partial charge >= 0.3 is 6.09 Å². The quantitative estimate of drug-likeness (QED) is 0.122. The summed E-state index contributed by atoms with van der Waals surface area (Å²) in [6, 6.07) is 18.5. The molecule has 0 unspecified atom stereocenters. The second-order valence-corrected chi connectivity index (χ2v) is 9.72. The Hall–Kier alpha value is -3.63. The van der Waals surface area contributed by atoms with Gasteiger partial charge in [0.2, 0.25) is 5.91 Å². The highest BCUT2D eigenvalue weighted by atomic mass is 79.9. The van der Waals surface area contributed by atoms with E-state index >= 15 is 0 Å². The Bertz CT molecular complexity index is 1300. The van der Waals surface area contributed by atoms with Crippen molar-refractivity contribution < 1.29 is 24.2 Å². The van der Waals surface area contributed by atoms with Gasteiger partial charge in [0.1, 0.15) is 11.9 Å². The summed E-state index contributed by atoms with van der Waals surface area (Å²) in [6.07, 6.45) is 2.64. The lowest BCUT2D eigenvalue weighted by Crippen LogP contribution is -2.32. The maximum atomic E-state index is 12.5. The summed E-state index contributed by atoms with van der Waals surface area (Å²) < 4.78 is 6.63. The molecule has 1 atom stereocenters. The van der Waals surface area contributed by atoms with E-state index in [4.69, 9.17) is 10.5 Å². The molecule has 3 amide bonds. The number of para-hydroxylation sites is 2. The Morgan fingerprint density at radius 1 is 1.03 bits per heavy atom. The molecule has 0 fully saturated rings. The van der Waals surface area contributed by atoms with Crippen molar-refractivity contribution in [2.45, 2.75) is 25.4 Å². The molecule has 5 N–H and O–H groups in total. The normalized spacial score (nSPS) is 11.6. The summed E-state index contributed by atoms with van der Waals surface area (Å²) in [5.74, 6) is -0.999. The number of phenols is 1. The number of nitrogen functional groups attached to an aromatic ring is 1. The van der Waals surface area contributed by atoms with Crippen LogP contribution in [0.3, 0.4) is 0 Å². The molecule has 8 nitrogen and oxygen atoms in total.